The third-order valence-corrected chi connectivity index (χ3v) is 3.06. The number of methoxy groups -OCH3 is 1. The Bertz CT molecular complexity index is 537. The van der Waals surface area contributed by atoms with Gasteiger partial charge in [0.2, 0.25) is 5.91 Å². The molecule has 0 aliphatic rings. The van der Waals surface area contributed by atoms with Gasteiger partial charge < -0.3 is 10.1 Å². The normalized spacial score (nSPS) is 11.9. The number of ether oxygens (including phenoxy) is 1. The summed E-state index contributed by atoms with van der Waals surface area (Å²) in [5.41, 5.74) is 0.986. The summed E-state index contributed by atoms with van der Waals surface area (Å²) < 4.78 is 4.47. The summed E-state index contributed by atoms with van der Waals surface area (Å²) in [4.78, 5) is 34.4. The minimum atomic E-state index is -0.550. The maximum atomic E-state index is 12.2. The number of rotatable bonds is 8. The third-order valence-electron chi connectivity index (χ3n) is 3.06. The molecule has 0 saturated heterocycles. The number of benzene rings is 1. The maximum Gasteiger partial charge on any atom is 0.330 e. The topological polar surface area (TPSA) is 72.5 Å². The number of carbonyl (C=O) groups excluding carboxylic acids is 3. The summed E-state index contributed by atoms with van der Waals surface area (Å²) in [5.74, 6) is -0.747. The molecule has 0 bridgehead atoms. The number of esters is 1. The van der Waals surface area contributed by atoms with Gasteiger partial charge in [0, 0.05) is 19.4 Å². The number of ketones is 1. The molecule has 0 saturated carbocycles. The van der Waals surface area contributed by atoms with Crippen molar-refractivity contribution in [3.05, 3.63) is 48.0 Å². The van der Waals surface area contributed by atoms with Gasteiger partial charge in [-0.1, -0.05) is 36.4 Å². The second kappa shape index (κ2) is 9.50. The smallest absolute Gasteiger partial charge is 0.330 e. The van der Waals surface area contributed by atoms with E-state index in [0.29, 0.717) is 12.8 Å². The van der Waals surface area contributed by atoms with Crippen molar-refractivity contribution in [2.75, 3.05) is 7.11 Å². The highest BCUT2D eigenvalue weighted by atomic mass is 16.5. The van der Waals surface area contributed by atoms with Crippen molar-refractivity contribution in [3.8, 4) is 0 Å². The van der Waals surface area contributed by atoms with Gasteiger partial charge in [0.15, 0.2) is 5.78 Å². The molecule has 22 heavy (non-hydrogen) atoms. The molecule has 0 radical (unpaired) electrons. The number of amides is 1. The van der Waals surface area contributed by atoms with Crippen molar-refractivity contribution >= 4 is 17.7 Å². The van der Waals surface area contributed by atoms with E-state index in [-0.39, 0.29) is 18.1 Å². The number of allylic oxidation sites excluding steroid dienone is 1. The Morgan fingerprint density at radius 2 is 1.91 bits per heavy atom. The number of carbonyl (C=O) groups is 3. The average molecular weight is 303 g/mol. The van der Waals surface area contributed by atoms with Crippen LogP contribution in [0.25, 0.3) is 0 Å². The van der Waals surface area contributed by atoms with E-state index in [0.717, 1.165) is 5.56 Å². The van der Waals surface area contributed by atoms with Gasteiger partial charge in [-0.05, 0) is 18.4 Å². The van der Waals surface area contributed by atoms with Crippen molar-refractivity contribution in [3.63, 3.8) is 0 Å². The van der Waals surface area contributed by atoms with Crippen molar-refractivity contribution in [2.45, 2.75) is 32.2 Å². The summed E-state index contributed by atoms with van der Waals surface area (Å²) in [6.07, 6.45) is 4.03. The second-order valence-electron chi connectivity index (χ2n) is 4.87. The average Bonchev–Trinajstić information content (AvgIpc) is 2.51. The molecule has 0 aliphatic heterocycles. The van der Waals surface area contributed by atoms with E-state index in [4.69, 9.17) is 0 Å². The third kappa shape index (κ3) is 6.83. The first kappa shape index (κ1) is 17.6. The van der Waals surface area contributed by atoms with E-state index in [9.17, 15) is 14.4 Å². The fourth-order valence-corrected chi connectivity index (χ4v) is 1.99. The van der Waals surface area contributed by atoms with Gasteiger partial charge >= 0.3 is 5.97 Å². The van der Waals surface area contributed by atoms with Crippen LogP contribution in [-0.4, -0.2) is 30.8 Å². The Kier molecular flexibility index (Phi) is 7.61. The highest BCUT2D eigenvalue weighted by molar-refractivity contribution is 5.89. The summed E-state index contributed by atoms with van der Waals surface area (Å²) in [6, 6.07) is 8.97. The Morgan fingerprint density at radius 1 is 1.23 bits per heavy atom. The highest BCUT2D eigenvalue weighted by Gasteiger charge is 2.18. The number of hydrogen-bond donors (Lipinski definition) is 1. The lowest BCUT2D eigenvalue weighted by molar-refractivity contribution is -0.134. The van der Waals surface area contributed by atoms with Crippen LogP contribution < -0.4 is 5.32 Å². The lowest BCUT2D eigenvalue weighted by Crippen LogP contribution is -2.41. The van der Waals surface area contributed by atoms with Crippen molar-refractivity contribution in [2.24, 2.45) is 0 Å². The van der Waals surface area contributed by atoms with Gasteiger partial charge in [0.05, 0.1) is 13.2 Å². The predicted molar refractivity (Wildman–Crippen MR) is 83.1 cm³/mol. The summed E-state index contributed by atoms with van der Waals surface area (Å²) in [5, 5.41) is 2.68. The lowest BCUT2D eigenvalue weighted by atomic mass is 9.99. The lowest BCUT2D eigenvalue weighted by Gasteiger charge is -2.16. The van der Waals surface area contributed by atoms with Crippen LogP contribution in [0, 0.1) is 0 Å². The monoisotopic (exact) mass is 303 g/mol. The first-order valence-corrected chi connectivity index (χ1v) is 7.11. The molecule has 0 unspecified atom stereocenters. The molecule has 0 spiro atoms. The minimum Gasteiger partial charge on any atom is -0.466 e. The van der Waals surface area contributed by atoms with Crippen LogP contribution in [0.15, 0.2) is 42.5 Å². The predicted octanol–water partition coefficient (Wildman–Crippen LogP) is 1.81. The molecular weight excluding hydrogens is 282 g/mol. The minimum absolute atomic E-state index is 0.0615. The molecule has 5 heteroatoms. The largest absolute Gasteiger partial charge is 0.466 e. The fourth-order valence-electron chi connectivity index (χ4n) is 1.99. The quantitative estimate of drug-likeness (QED) is 0.587. The van der Waals surface area contributed by atoms with Gasteiger partial charge in [0.25, 0.3) is 0 Å². The van der Waals surface area contributed by atoms with Crippen LogP contribution in [0.5, 0.6) is 0 Å². The van der Waals surface area contributed by atoms with Gasteiger partial charge in [-0.2, -0.15) is 0 Å². The number of hydrogen-bond acceptors (Lipinski definition) is 4. The Balaban J connectivity index is 2.59. The molecule has 1 amide bonds. The van der Waals surface area contributed by atoms with Crippen LogP contribution in [0.1, 0.15) is 25.3 Å². The molecule has 0 aliphatic carbocycles. The molecule has 1 rings (SSSR count). The summed E-state index contributed by atoms with van der Waals surface area (Å²) >= 11 is 0. The molecule has 0 aromatic heterocycles. The van der Waals surface area contributed by atoms with E-state index >= 15 is 0 Å². The van der Waals surface area contributed by atoms with E-state index in [2.05, 4.69) is 10.1 Å². The van der Waals surface area contributed by atoms with Crippen LogP contribution in [0.3, 0.4) is 0 Å². The molecule has 1 atom stereocenters. The molecule has 118 valence electrons. The SMILES string of the molecule is COC(=O)/C=C/CCC(=O)[C@H](Cc1ccccc1)NC(C)=O. The molecule has 1 N–H and O–H groups in total. The Hall–Kier alpha value is -2.43. The Labute approximate surface area is 130 Å². The van der Waals surface area contributed by atoms with Gasteiger partial charge in [-0.25, -0.2) is 4.79 Å². The molecular formula is C17H21NO4. The first-order chi connectivity index (χ1) is 10.5. The second-order valence-corrected chi connectivity index (χ2v) is 4.87. The number of Topliss-reactive ketones (excluding diaryl/α,β-unsaturated/α-hetero) is 1. The van der Waals surface area contributed by atoms with E-state index in [1.54, 1.807) is 6.08 Å². The maximum absolute atomic E-state index is 12.2. The van der Waals surface area contributed by atoms with Crippen LogP contribution >= 0.6 is 0 Å². The zero-order valence-electron chi connectivity index (χ0n) is 12.9. The van der Waals surface area contributed by atoms with Crippen molar-refractivity contribution in [1.29, 1.82) is 0 Å². The number of nitrogens with one attached hydrogen (secondary N) is 1. The van der Waals surface area contributed by atoms with Crippen LogP contribution in [-0.2, 0) is 25.5 Å². The molecule has 1 aromatic rings. The van der Waals surface area contributed by atoms with Gasteiger partial charge in [-0.15, -0.1) is 0 Å². The summed E-state index contributed by atoms with van der Waals surface area (Å²) in [7, 11) is 1.30. The van der Waals surface area contributed by atoms with Crippen molar-refractivity contribution in [1.82, 2.24) is 5.32 Å². The van der Waals surface area contributed by atoms with Gasteiger partial charge in [0.1, 0.15) is 0 Å². The zero-order valence-corrected chi connectivity index (χ0v) is 12.9. The Morgan fingerprint density at radius 3 is 2.50 bits per heavy atom. The van der Waals surface area contributed by atoms with E-state index in [1.807, 2.05) is 30.3 Å². The van der Waals surface area contributed by atoms with Crippen molar-refractivity contribution < 1.29 is 19.1 Å². The van der Waals surface area contributed by atoms with Gasteiger partial charge in [-0.3, -0.25) is 9.59 Å². The molecule has 5 nitrogen and oxygen atoms in total. The fraction of sp³-hybridized carbons (Fsp3) is 0.353. The molecule has 0 fully saturated rings. The van der Waals surface area contributed by atoms with E-state index < -0.39 is 12.0 Å². The van der Waals surface area contributed by atoms with Crippen LogP contribution in [0.2, 0.25) is 0 Å². The van der Waals surface area contributed by atoms with Crippen LogP contribution in [0.4, 0.5) is 0 Å². The van der Waals surface area contributed by atoms with E-state index in [1.165, 1.54) is 20.1 Å². The zero-order chi connectivity index (χ0) is 16.4. The first-order valence-electron chi connectivity index (χ1n) is 7.11. The summed E-state index contributed by atoms with van der Waals surface area (Å²) in [6.45, 7) is 1.39. The molecule has 1 aromatic carbocycles. The standard InChI is InChI=1S/C17H21NO4/c1-13(19)18-15(12-14-8-4-3-5-9-14)16(20)10-6-7-11-17(21)22-2/h3-5,7-9,11,15H,6,10,12H2,1-2H3,(H,18,19)/b11-7+/t15-/m0/s1. The molecule has 0 heterocycles. The highest BCUT2D eigenvalue weighted by Crippen LogP contribution is 2.07.